The summed E-state index contributed by atoms with van der Waals surface area (Å²) in [5.41, 5.74) is 1.25. The summed E-state index contributed by atoms with van der Waals surface area (Å²) < 4.78 is 12.8. The fourth-order valence-corrected chi connectivity index (χ4v) is 4.72. The molecule has 3 atom stereocenters. The van der Waals surface area contributed by atoms with Gasteiger partial charge in [-0.05, 0) is 54.7 Å². The molecule has 0 aliphatic heterocycles. The van der Waals surface area contributed by atoms with Crippen LogP contribution in [0.4, 0.5) is 4.39 Å². The van der Waals surface area contributed by atoms with Crippen molar-refractivity contribution >= 4 is 15.9 Å². The lowest BCUT2D eigenvalue weighted by Gasteiger charge is -2.09. The number of benzene rings is 1. The molecule has 1 aromatic rings. The number of fused-ring (bicyclic) bond motifs is 1. The van der Waals surface area contributed by atoms with Crippen LogP contribution in [0.2, 0.25) is 0 Å². The first-order chi connectivity index (χ1) is 8.25. The van der Waals surface area contributed by atoms with Gasteiger partial charge in [0, 0.05) is 4.83 Å². The minimum absolute atomic E-state index is 0.139. The first kappa shape index (κ1) is 11.7. The molecule has 17 heavy (non-hydrogen) atoms. The van der Waals surface area contributed by atoms with Crippen LogP contribution in [0, 0.1) is 23.6 Å². The van der Waals surface area contributed by atoms with Gasteiger partial charge in [0.1, 0.15) is 5.82 Å². The molecule has 92 valence electrons. The molecule has 0 spiro atoms. The van der Waals surface area contributed by atoms with Crippen LogP contribution in [0.3, 0.4) is 0 Å². The van der Waals surface area contributed by atoms with Gasteiger partial charge in [0.05, 0.1) is 0 Å². The van der Waals surface area contributed by atoms with Crippen LogP contribution < -0.4 is 0 Å². The van der Waals surface area contributed by atoms with Crippen LogP contribution in [0.5, 0.6) is 0 Å². The minimum atomic E-state index is -0.139. The van der Waals surface area contributed by atoms with Crippen LogP contribution >= 0.6 is 15.9 Å². The fourth-order valence-electron chi connectivity index (χ4n) is 3.57. The smallest absolute Gasteiger partial charge is 0.123 e. The molecule has 3 rings (SSSR count). The lowest BCUT2D eigenvalue weighted by atomic mass is 10.0. The molecule has 0 aromatic heterocycles. The summed E-state index contributed by atoms with van der Waals surface area (Å²) in [6.07, 6.45) is 6.75. The van der Waals surface area contributed by atoms with Gasteiger partial charge in [0.2, 0.25) is 0 Å². The van der Waals surface area contributed by atoms with Gasteiger partial charge in [-0.15, -0.1) is 0 Å². The topological polar surface area (TPSA) is 0 Å². The van der Waals surface area contributed by atoms with Crippen LogP contribution in [-0.4, -0.2) is 4.83 Å². The first-order valence-electron chi connectivity index (χ1n) is 6.64. The summed E-state index contributed by atoms with van der Waals surface area (Å²) in [7, 11) is 0. The van der Waals surface area contributed by atoms with Gasteiger partial charge in [0.25, 0.3) is 0 Å². The summed E-state index contributed by atoms with van der Waals surface area (Å²) >= 11 is 3.86. The minimum Gasteiger partial charge on any atom is -0.207 e. The average Bonchev–Trinajstić information content (AvgIpc) is 3.06. The lowest BCUT2D eigenvalue weighted by molar-refractivity contribution is 0.480. The lowest BCUT2D eigenvalue weighted by Crippen LogP contribution is -2.07. The highest BCUT2D eigenvalue weighted by molar-refractivity contribution is 9.09. The van der Waals surface area contributed by atoms with Crippen LogP contribution in [0.25, 0.3) is 0 Å². The molecule has 0 bridgehead atoms. The molecule has 0 amide bonds. The Morgan fingerprint density at radius 2 is 1.71 bits per heavy atom. The molecular formula is C15H18BrF. The van der Waals surface area contributed by atoms with Crippen molar-refractivity contribution in [3.8, 4) is 0 Å². The van der Waals surface area contributed by atoms with E-state index < -0.39 is 0 Å². The number of halogens is 2. The highest BCUT2D eigenvalue weighted by Crippen LogP contribution is 2.58. The zero-order valence-electron chi connectivity index (χ0n) is 9.91. The Morgan fingerprint density at radius 1 is 1.12 bits per heavy atom. The Labute approximate surface area is 111 Å². The van der Waals surface area contributed by atoms with E-state index in [1.807, 2.05) is 12.1 Å². The van der Waals surface area contributed by atoms with Crippen LogP contribution in [0.15, 0.2) is 24.3 Å². The van der Waals surface area contributed by atoms with Crippen molar-refractivity contribution in [2.45, 2.75) is 36.9 Å². The van der Waals surface area contributed by atoms with E-state index in [9.17, 15) is 4.39 Å². The van der Waals surface area contributed by atoms with Gasteiger partial charge in [-0.3, -0.25) is 0 Å². The van der Waals surface area contributed by atoms with E-state index in [2.05, 4.69) is 15.9 Å². The Balaban J connectivity index is 1.60. The molecule has 2 aliphatic carbocycles. The van der Waals surface area contributed by atoms with Gasteiger partial charge in [-0.25, -0.2) is 4.39 Å². The normalized spacial score (nSPS) is 32.9. The molecule has 2 saturated carbocycles. The van der Waals surface area contributed by atoms with Crippen LogP contribution in [0.1, 0.15) is 31.2 Å². The van der Waals surface area contributed by atoms with Gasteiger partial charge >= 0.3 is 0 Å². The second kappa shape index (κ2) is 4.72. The predicted molar refractivity (Wildman–Crippen MR) is 71.8 cm³/mol. The molecular weight excluding hydrogens is 279 g/mol. The molecule has 2 heteroatoms. The van der Waals surface area contributed by atoms with E-state index in [1.165, 1.54) is 31.2 Å². The maximum Gasteiger partial charge on any atom is 0.123 e. The summed E-state index contributed by atoms with van der Waals surface area (Å²) in [5, 5.41) is 0. The highest BCUT2D eigenvalue weighted by Gasteiger charge is 2.53. The van der Waals surface area contributed by atoms with Crippen LogP contribution in [-0.2, 0) is 6.42 Å². The Bertz CT molecular complexity index is 374. The second-order valence-electron chi connectivity index (χ2n) is 5.54. The van der Waals surface area contributed by atoms with E-state index in [0.717, 1.165) is 24.2 Å². The van der Waals surface area contributed by atoms with Gasteiger partial charge < -0.3 is 0 Å². The third-order valence-electron chi connectivity index (χ3n) is 4.48. The maximum atomic E-state index is 12.8. The molecule has 1 aromatic carbocycles. The van der Waals surface area contributed by atoms with Gasteiger partial charge in [-0.2, -0.15) is 0 Å². The molecule has 0 saturated heterocycles. The largest absolute Gasteiger partial charge is 0.207 e. The molecule has 0 heterocycles. The first-order valence-corrected chi connectivity index (χ1v) is 7.56. The maximum absolute atomic E-state index is 12.8. The molecule has 3 unspecified atom stereocenters. The van der Waals surface area contributed by atoms with E-state index in [4.69, 9.17) is 0 Å². The van der Waals surface area contributed by atoms with E-state index in [-0.39, 0.29) is 5.82 Å². The standard InChI is InChI=1S/C15H18BrF/c16-14(9-10-5-7-11(17)8-6-10)15-12-3-1-2-4-13(12)15/h5-8,12-15H,1-4,9H2. The van der Waals surface area contributed by atoms with Crippen molar-refractivity contribution in [3.63, 3.8) is 0 Å². The molecule has 0 nitrogen and oxygen atoms in total. The Kier molecular flexibility index (Phi) is 3.25. The van der Waals surface area contributed by atoms with Crippen molar-refractivity contribution in [3.05, 3.63) is 35.6 Å². The second-order valence-corrected chi connectivity index (χ2v) is 6.71. The van der Waals surface area contributed by atoms with Crippen molar-refractivity contribution in [2.24, 2.45) is 17.8 Å². The Morgan fingerprint density at radius 3 is 2.29 bits per heavy atom. The third-order valence-corrected chi connectivity index (χ3v) is 5.42. The van der Waals surface area contributed by atoms with Crippen molar-refractivity contribution in [1.82, 2.24) is 0 Å². The molecule has 0 N–H and O–H groups in total. The van der Waals surface area contributed by atoms with E-state index in [1.54, 1.807) is 12.1 Å². The number of hydrogen-bond acceptors (Lipinski definition) is 0. The Hall–Kier alpha value is -0.370. The van der Waals surface area contributed by atoms with E-state index >= 15 is 0 Å². The summed E-state index contributed by atoms with van der Waals surface area (Å²) in [4.78, 5) is 0.584. The van der Waals surface area contributed by atoms with E-state index in [0.29, 0.717) is 4.83 Å². The zero-order valence-corrected chi connectivity index (χ0v) is 11.5. The summed E-state index contributed by atoms with van der Waals surface area (Å²) in [5.74, 6) is 2.70. The summed E-state index contributed by atoms with van der Waals surface area (Å²) in [6.45, 7) is 0. The molecule has 2 aliphatic rings. The quantitative estimate of drug-likeness (QED) is 0.717. The van der Waals surface area contributed by atoms with Gasteiger partial charge in [-0.1, -0.05) is 40.9 Å². The van der Waals surface area contributed by atoms with Gasteiger partial charge in [0.15, 0.2) is 0 Å². The molecule has 0 radical (unpaired) electrons. The number of rotatable bonds is 3. The molecule has 2 fully saturated rings. The highest BCUT2D eigenvalue weighted by atomic mass is 79.9. The monoisotopic (exact) mass is 296 g/mol. The van der Waals surface area contributed by atoms with Crippen molar-refractivity contribution in [2.75, 3.05) is 0 Å². The predicted octanol–water partition coefficient (Wildman–Crippen LogP) is 4.57. The zero-order chi connectivity index (χ0) is 11.8. The third kappa shape index (κ3) is 2.42. The van der Waals surface area contributed by atoms with Crippen molar-refractivity contribution < 1.29 is 4.39 Å². The fraction of sp³-hybridized carbons (Fsp3) is 0.600. The average molecular weight is 297 g/mol. The number of alkyl halides is 1. The van der Waals surface area contributed by atoms with Crippen molar-refractivity contribution in [1.29, 1.82) is 0 Å². The number of hydrogen-bond donors (Lipinski definition) is 0. The SMILES string of the molecule is Fc1ccc(CC(Br)C2C3CCCCC32)cc1. The summed E-state index contributed by atoms with van der Waals surface area (Å²) in [6, 6.07) is 6.95.